The number of nitriles is 1. The van der Waals surface area contributed by atoms with Crippen molar-refractivity contribution >= 4 is 61.9 Å². The molecule has 0 bridgehead atoms. The fourth-order valence-electron chi connectivity index (χ4n) is 2.10. The van der Waals surface area contributed by atoms with Gasteiger partial charge in [0.05, 0.1) is 15.6 Å². The van der Waals surface area contributed by atoms with E-state index in [4.69, 9.17) is 4.74 Å². The molecule has 0 atom stereocenters. The van der Waals surface area contributed by atoms with Crippen molar-refractivity contribution in [1.82, 2.24) is 0 Å². The third-order valence-corrected chi connectivity index (χ3v) is 4.50. The van der Waals surface area contributed by atoms with E-state index in [1.807, 2.05) is 28.7 Å². The minimum Gasteiger partial charge on any atom is -0.489 e. The Labute approximate surface area is 171 Å². The Morgan fingerprint density at radius 3 is 2.73 bits per heavy atom. The molecule has 2 aromatic carbocycles. The lowest BCUT2D eigenvalue weighted by Gasteiger charge is -2.07. The Morgan fingerprint density at radius 2 is 2.15 bits per heavy atom. The Balaban J connectivity index is 2.38. The number of nitro groups is 1. The van der Waals surface area contributed by atoms with Gasteiger partial charge in [-0.15, -0.1) is 0 Å². The fourth-order valence-corrected chi connectivity index (χ4v) is 3.36. The predicted octanol–water partition coefficient (Wildman–Crippen LogP) is 4.52. The zero-order chi connectivity index (χ0) is 19.3. The number of hydrogen-bond donors (Lipinski definition) is 1. The van der Waals surface area contributed by atoms with Gasteiger partial charge >= 0.3 is 5.69 Å². The first-order valence-corrected chi connectivity index (χ1v) is 8.93. The summed E-state index contributed by atoms with van der Waals surface area (Å²) in [7, 11) is 1.34. The average Bonchev–Trinajstić information content (AvgIpc) is 2.58. The molecule has 0 heterocycles. The van der Waals surface area contributed by atoms with E-state index in [0.29, 0.717) is 14.8 Å². The van der Waals surface area contributed by atoms with Crippen LogP contribution in [0.4, 0.5) is 11.4 Å². The number of hydrogen-bond acceptors (Lipinski definition) is 5. The summed E-state index contributed by atoms with van der Waals surface area (Å²) in [5.74, 6) is -0.482. The number of ether oxygens (including phenoxy) is 1. The Bertz CT molecular complexity index is 954. The topological polar surface area (TPSA) is 105 Å². The average molecular weight is 528 g/mol. The molecular weight excluding hydrogens is 517 g/mol. The zero-order valence-corrected chi connectivity index (χ0v) is 17.1. The second kappa shape index (κ2) is 8.77. The summed E-state index contributed by atoms with van der Waals surface area (Å²) in [5.41, 5.74) is 0.444. The van der Waals surface area contributed by atoms with Crippen LogP contribution in [0.3, 0.4) is 0 Å². The normalized spacial score (nSPS) is 10.8. The summed E-state index contributed by atoms with van der Waals surface area (Å²) in [6, 6.07) is 11.6. The van der Waals surface area contributed by atoms with Gasteiger partial charge in [-0.2, -0.15) is 5.26 Å². The lowest BCUT2D eigenvalue weighted by atomic mass is 10.1. The van der Waals surface area contributed by atoms with Crippen LogP contribution in [0.25, 0.3) is 6.08 Å². The number of benzene rings is 2. The van der Waals surface area contributed by atoms with Crippen LogP contribution in [0.15, 0.2) is 46.4 Å². The van der Waals surface area contributed by atoms with Crippen LogP contribution in [0, 0.1) is 25.0 Å². The molecule has 26 heavy (non-hydrogen) atoms. The maximum Gasteiger partial charge on any atom is 0.312 e. The molecule has 9 heteroatoms. The molecule has 0 aliphatic heterocycles. The monoisotopic (exact) mass is 527 g/mol. The molecule has 2 aromatic rings. The number of nitrogens with one attached hydrogen (secondary N) is 1. The number of carbonyl (C=O) groups is 1. The number of anilines is 1. The number of nitrogens with zero attached hydrogens (tertiary/aromatic N) is 2. The molecule has 0 saturated carbocycles. The summed E-state index contributed by atoms with van der Waals surface area (Å²) in [5, 5.41) is 23.1. The molecule has 1 amide bonds. The standard InChI is InChI=1S/C17H11BrIN3O4/c1-26-16-14(19)6-10(7-15(16)22(24)25)5-11(9-20)17(23)21-13-4-2-3-12(18)8-13/h2-8H,1H3,(H,21,23)/b11-5-. The highest BCUT2D eigenvalue weighted by Crippen LogP contribution is 2.34. The van der Waals surface area contributed by atoms with E-state index in [0.717, 1.165) is 4.47 Å². The predicted molar refractivity (Wildman–Crippen MR) is 109 cm³/mol. The number of rotatable bonds is 5. The van der Waals surface area contributed by atoms with Gasteiger partial charge in [-0.25, -0.2) is 0 Å². The van der Waals surface area contributed by atoms with Gasteiger partial charge in [-0.3, -0.25) is 14.9 Å². The first-order valence-electron chi connectivity index (χ1n) is 7.06. The highest BCUT2D eigenvalue weighted by atomic mass is 127. The van der Waals surface area contributed by atoms with Crippen LogP contribution < -0.4 is 10.1 Å². The van der Waals surface area contributed by atoms with Gasteiger partial charge in [0, 0.05) is 16.2 Å². The number of carbonyl (C=O) groups excluding carboxylic acids is 1. The Kier molecular flexibility index (Phi) is 6.70. The van der Waals surface area contributed by atoms with Gasteiger partial charge in [0.15, 0.2) is 0 Å². The van der Waals surface area contributed by atoms with Gasteiger partial charge in [-0.05, 0) is 58.5 Å². The molecule has 0 unspecified atom stereocenters. The van der Waals surface area contributed by atoms with Crippen LogP contribution in [0.5, 0.6) is 5.75 Å². The van der Waals surface area contributed by atoms with Crippen LogP contribution in [0.2, 0.25) is 0 Å². The van der Waals surface area contributed by atoms with Crippen LogP contribution >= 0.6 is 38.5 Å². The Hall–Kier alpha value is -2.45. The van der Waals surface area contributed by atoms with Crippen LogP contribution in [-0.2, 0) is 4.79 Å². The van der Waals surface area contributed by atoms with E-state index < -0.39 is 10.8 Å². The minimum atomic E-state index is -0.612. The zero-order valence-electron chi connectivity index (χ0n) is 13.3. The summed E-state index contributed by atoms with van der Waals surface area (Å²) in [6.45, 7) is 0. The summed E-state index contributed by atoms with van der Waals surface area (Å²) in [4.78, 5) is 22.9. The Morgan fingerprint density at radius 1 is 1.42 bits per heavy atom. The summed E-state index contributed by atoms with van der Waals surface area (Å²) >= 11 is 5.19. The van der Waals surface area contributed by atoms with Gasteiger partial charge in [0.1, 0.15) is 11.6 Å². The van der Waals surface area contributed by atoms with Crippen LogP contribution in [-0.4, -0.2) is 17.9 Å². The van der Waals surface area contributed by atoms with E-state index in [1.165, 1.54) is 19.3 Å². The largest absolute Gasteiger partial charge is 0.489 e. The minimum absolute atomic E-state index is 0.129. The van der Waals surface area contributed by atoms with E-state index >= 15 is 0 Å². The number of halogens is 2. The van der Waals surface area contributed by atoms with Crippen molar-refractivity contribution in [2.45, 2.75) is 0 Å². The molecule has 7 nitrogen and oxygen atoms in total. The molecule has 0 spiro atoms. The van der Waals surface area contributed by atoms with Crippen molar-refractivity contribution < 1.29 is 14.5 Å². The van der Waals surface area contributed by atoms with E-state index in [1.54, 1.807) is 30.3 Å². The second-order valence-electron chi connectivity index (χ2n) is 4.95. The molecule has 0 aliphatic carbocycles. The fraction of sp³-hybridized carbons (Fsp3) is 0.0588. The summed E-state index contributed by atoms with van der Waals surface area (Å²) in [6.07, 6.45) is 1.29. The highest BCUT2D eigenvalue weighted by Gasteiger charge is 2.20. The van der Waals surface area contributed by atoms with Crippen molar-refractivity contribution in [3.05, 3.63) is 65.7 Å². The van der Waals surface area contributed by atoms with Crippen molar-refractivity contribution in [3.8, 4) is 11.8 Å². The smallest absolute Gasteiger partial charge is 0.312 e. The van der Waals surface area contributed by atoms with Crippen molar-refractivity contribution in [2.24, 2.45) is 0 Å². The summed E-state index contributed by atoms with van der Waals surface area (Å²) < 4.78 is 6.31. The molecule has 132 valence electrons. The molecule has 2 rings (SSSR count). The number of amides is 1. The van der Waals surface area contributed by atoms with Crippen molar-refractivity contribution in [3.63, 3.8) is 0 Å². The molecule has 1 N–H and O–H groups in total. The third kappa shape index (κ3) is 4.80. The highest BCUT2D eigenvalue weighted by molar-refractivity contribution is 14.1. The van der Waals surface area contributed by atoms with E-state index in [9.17, 15) is 20.2 Å². The molecule has 0 saturated heterocycles. The van der Waals surface area contributed by atoms with Crippen LogP contribution in [0.1, 0.15) is 5.56 Å². The molecule has 0 aliphatic rings. The maximum absolute atomic E-state index is 12.3. The maximum atomic E-state index is 12.3. The molecule has 0 fully saturated rings. The third-order valence-electron chi connectivity index (χ3n) is 3.21. The molecule has 0 radical (unpaired) electrons. The molecule has 0 aromatic heterocycles. The number of nitro benzene ring substituents is 1. The lowest BCUT2D eigenvalue weighted by molar-refractivity contribution is -0.385. The van der Waals surface area contributed by atoms with Gasteiger partial charge in [0.2, 0.25) is 5.75 Å². The SMILES string of the molecule is COc1c(I)cc(/C=C(/C#N)C(=O)Nc2cccc(Br)c2)cc1[N+](=O)[O-]. The quantitative estimate of drug-likeness (QED) is 0.202. The lowest BCUT2D eigenvalue weighted by Crippen LogP contribution is -2.13. The van der Waals surface area contributed by atoms with E-state index in [-0.39, 0.29) is 17.0 Å². The van der Waals surface area contributed by atoms with Gasteiger partial charge in [-0.1, -0.05) is 22.0 Å². The van der Waals surface area contributed by atoms with Gasteiger partial charge < -0.3 is 10.1 Å². The van der Waals surface area contributed by atoms with Gasteiger partial charge in [0.25, 0.3) is 5.91 Å². The first kappa shape index (κ1) is 19.9. The van der Waals surface area contributed by atoms with E-state index in [2.05, 4.69) is 21.2 Å². The first-order chi connectivity index (χ1) is 12.3. The van der Waals surface area contributed by atoms with Crippen molar-refractivity contribution in [1.29, 1.82) is 5.26 Å². The second-order valence-corrected chi connectivity index (χ2v) is 7.02. The molecular formula is C17H11BrIN3O4. The van der Waals surface area contributed by atoms with Crippen molar-refractivity contribution in [2.75, 3.05) is 12.4 Å². The number of methoxy groups -OCH3 is 1.